The van der Waals surface area contributed by atoms with Gasteiger partial charge in [-0.05, 0) is 0 Å². The SMILES string of the molecule is CC(C)CC(C#[O+])N(C)C. The maximum atomic E-state index is 10.3. The summed E-state index contributed by atoms with van der Waals surface area (Å²) < 4.78 is 10.3. The van der Waals surface area contributed by atoms with Crippen LogP contribution in [0.1, 0.15) is 20.3 Å². The molecule has 0 amide bonds. The van der Waals surface area contributed by atoms with Gasteiger partial charge in [0, 0.05) is 0 Å². The maximum absolute atomic E-state index is 10.3. The molecule has 2 heteroatoms. The van der Waals surface area contributed by atoms with E-state index in [1.165, 1.54) is 0 Å². The Hall–Kier alpha value is -0.300. The van der Waals surface area contributed by atoms with E-state index in [9.17, 15) is 4.65 Å². The van der Waals surface area contributed by atoms with Crippen LogP contribution in [-0.2, 0) is 4.65 Å². The van der Waals surface area contributed by atoms with E-state index in [-0.39, 0.29) is 6.04 Å². The fourth-order valence-electron chi connectivity index (χ4n) is 0.811. The molecule has 0 aliphatic heterocycles. The van der Waals surface area contributed by atoms with Crippen molar-refractivity contribution >= 4 is 0 Å². The first-order chi connectivity index (χ1) is 4.57. The molecule has 0 aromatic carbocycles. The van der Waals surface area contributed by atoms with Gasteiger partial charge in [0.1, 0.15) is 0 Å². The molecule has 0 N–H and O–H groups in total. The Morgan fingerprint density at radius 3 is 2.00 bits per heavy atom. The molecule has 10 heavy (non-hydrogen) atoms. The van der Waals surface area contributed by atoms with E-state index >= 15 is 0 Å². The Kier molecular flexibility index (Phi) is 4.37. The molecular formula is C8H16NO+. The van der Waals surface area contributed by atoms with Crippen molar-refractivity contribution < 1.29 is 4.65 Å². The Morgan fingerprint density at radius 2 is 1.90 bits per heavy atom. The first-order valence-electron chi connectivity index (χ1n) is 3.62. The quantitative estimate of drug-likeness (QED) is 0.545. The Balaban J connectivity index is 3.75. The monoisotopic (exact) mass is 142 g/mol. The summed E-state index contributed by atoms with van der Waals surface area (Å²) in [5, 5.41) is 0. The van der Waals surface area contributed by atoms with E-state index in [2.05, 4.69) is 13.8 Å². The summed E-state index contributed by atoms with van der Waals surface area (Å²) in [6, 6.07) is -0.0278. The standard InChI is InChI=1S/C8H16NO/c1-7(2)5-8(6-10)9(3)4/h7-8H,5H2,1-4H3/q+1. The molecule has 1 unspecified atom stereocenters. The first kappa shape index (κ1) is 9.70. The van der Waals surface area contributed by atoms with Gasteiger partial charge in [0.15, 0.2) is 0 Å². The van der Waals surface area contributed by atoms with Gasteiger partial charge in [-0.15, -0.1) is 0 Å². The molecule has 0 aliphatic rings. The van der Waals surface area contributed by atoms with Crippen LogP contribution < -0.4 is 0 Å². The van der Waals surface area contributed by atoms with E-state index in [0.29, 0.717) is 5.92 Å². The Labute approximate surface area is 62.9 Å². The third-order valence-electron chi connectivity index (χ3n) is 1.45. The van der Waals surface area contributed by atoms with Crippen LogP contribution in [0.15, 0.2) is 0 Å². The zero-order chi connectivity index (χ0) is 8.15. The number of rotatable bonds is 3. The van der Waals surface area contributed by atoms with Crippen LogP contribution in [0.2, 0.25) is 0 Å². The van der Waals surface area contributed by atoms with E-state index in [1.807, 2.05) is 25.1 Å². The molecule has 0 rings (SSSR count). The van der Waals surface area contributed by atoms with Crippen molar-refractivity contribution in [3.05, 3.63) is 0 Å². The predicted molar refractivity (Wildman–Crippen MR) is 41.5 cm³/mol. The number of hydrogen-bond donors (Lipinski definition) is 0. The molecule has 0 radical (unpaired) electrons. The summed E-state index contributed by atoms with van der Waals surface area (Å²) >= 11 is 0. The van der Waals surface area contributed by atoms with Crippen LogP contribution in [0, 0.1) is 12.1 Å². The van der Waals surface area contributed by atoms with Crippen molar-refractivity contribution in [3.8, 4) is 6.15 Å². The second-order valence-corrected chi connectivity index (χ2v) is 3.23. The molecule has 0 aromatic rings. The van der Waals surface area contributed by atoms with Crippen LogP contribution in [-0.4, -0.2) is 25.0 Å². The van der Waals surface area contributed by atoms with E-state index in [4.69, 9.17) is 0 Å². The molecule has 0 heterocycles. The molecule has 0 bridgehead atoms. The molecule has 0 saturated heterocycles. The third-order valence-corrected chi connectivity index (χ3v) is 1.45. The fraction of sp³-hybridized carbons (Fsp3) is 0.875. The van der Waals surface area contributed by atoms with Crippen molar-refractivity contribution in [2.45, 2.75) is 26.3 Å². The Bertz CT molecular complexity index is 124. The molecule has 0 fully saturated rings. The van der Waals surface area contributed by atoms with Gasteiger partial charge in [-0.2, -0.15) is 0 Å². The zero-order valence-electron chi connectivity index (χ0n) is 7.22. The van der Waals surface area contributed by atoms with Crippen LogP contribution >= 0.6 is 0 Å². The van der Waals surface area contributed by atoms with Gasteiger partial charge in [0.2, 0.25) is 0 Å². The summed E-state index contributed by atoms with van der Waals surface area (Å²) in [5.74, 6) is 0.564. The summed E-state index contributed by atoms with van der Waals surface area (Å²) in [7, 11) is 3.80. The van der Waals surface area contributed by atoms with Crippen LogP contribution in [0.5, 0.6) is 0 Å². The minimum absolute atomic E-state index is 0.0278. The number of likely N-dealkylation sites (N-methyl/N-ethyl adjacent to an activating group) is 1. The van der Waals surface area contributed by atoms with E-state index in [0.717, 1.165) is 6.42 Å². The summed E-state index contributed by atoms with van der Waals surface area (Å²) in [5.41, 5.74) is 0. The average molecular weight is 142 g/mol. The van der Waals surface area contributed by atoms with Gasteiger partial charge in [0.25, 0.3) is 0 Å². The third kappa shape index (κ3) is 3.67. The van der Waals surface area contributed by atoms with Crippen LogP contribution in [0.3, 0.4) is 0 Å². The molecule has 2 nitrogen and oxygen atoms in total. The van der Waals surface area contributed by atoms with Gasteiger partial charge >= 0.3 is 62.0 Å². The minimum atomic E-state index is -0.0278. The molecule has 58 valence electrons. The normalized spacial score (nSPS) is 13.7. The molecule has 0 aromatic heterocycles. The summed E-state index contributed by atoms with van der Waals surface area (Å²) in [4.78, 5) is 1.90. The molecule has 0 saturated carbocycles. The molecule has 1 atom stereocenters. The molecular weight excluding hydrogens is 126 g/mol. The second kappa shape index (κ2) is 4.51. The van der Waals surface area contributed by atoms with Gasteiger partial charge in [-0.1, -0.05) is 0 Å². The summed E-state index contributed by atoms with van der Waals surface area (Å²) in [6.07, 6.45) is 2.91. The second-order valence-electron chi connectivity index (χ2n) is 3.23. The van der Waals surface area contributed by atoms with E-state index in [1.54, 1.807) is 0 Å². The average Bonchev–Trinajstić information content (AvgIpc) is 1.81. The van der Waals surface area contributed by atoms with E-state index < -0.39 is 0 Å². The van der Waals surface area contributed by atoms with Crippen molar-refractivity contribution in [2.24, 2.45) is 5.92 Å². The topological polar surface area (TPSA) is 23.1 Å². The van der Waals surface area contributed by atoms with Gasteiger partial charge < -0.3 is 0 Å². The van der Waals surface area contributed by atoms with Crippen LogP contribution in [0.25, 0.3) is 0 Å². The van der Waals surface area contributed by atoms with Crippen molar-refractivity contribution in [1.82, 2.24) is 4.90 Å². The van der Waals surface area contributed by atoms with Crippen molar-refractivity contribution in [2.75, 3.05) is 14.1 Å². The zero-order valence-corrected chi connectivity index (χ0v) is 7.22. The summed E-state index contributed by atoms with van der Waals surface area (Å²) in [6.45, 7) is 4.21. The molecule has 0 aliphatic carbocycles. The number of hydrogen-bond acceptors (Lipinski definition) is 1. The number of nitrogens with zero attached hydrogens (tertiary/aromatic N) is 1. The van der Waals surface area contributed by atoms with Gasteiger partial charge in [-0.25, -0.2) is 0 Å². The Morgan fingerprint density at radius 1 is 1.40 bits per heavy atom. The van der Waals surface area contributed by atoms with Crippen molar-refractivity contribution in [1.29, 1.82) is 0 Å². The molecule has 0 spiro atoms. The first-order valence-corrected chi connectivity index (χ1v) is 3.62. The fourth-order valence-corrected chi connectivity index (χ4v) is 0.811. The van der Waals surface area contributed by atoms with Gasteiger partial charge in [-0.3, -0.25) is 0 Å². The van der Waals surface area contributed by atoms with Crippen molar-refractivity contribution in [3.63, 3.8) is 0 Å². The predicted octanol–water partition coefficient (Wildman–Crippen LogP) is 1.35. The van der Waals surface area contributed by atoms with Crippen LogP contribution in [0.4, 0.5) is 0 Å². The van der Waals surface area contributed by atoms with Gasteiger partial charge in [0.05, 0.1) is 0 Å².